The minimum absolute atomic E-state index is 0.213. The lowest BCUT2D eigenvalue weighted by molar-refractivity contribution is -0.384. The van der Waals surface area contributed by atoms with E-state index in [-0.39, 0.29) is 5.56 Å². The molecule has 0 atom stereocenters. The van der Waals surface area contributed by atoms with Gasteiger partial charge in [-0.05, 0) is 6.42 Å². The Labute approximate surface area is 135 Å². The number of non-ortho nitro benzene ring substituents is 1. The van der Waals surface area contributed by atoms with E-state index >= 15 is 0 Å². The van der Waals surface area contributed by atoms with Crippen LogP contribution in [0.3, 0.4) is 0 Å². The van der Waals surface area contributed by atoms with Gasteiger partial charge >= 0.3 is 12.1 Å². The van der Waals surface area contributed by atoms with Gasteiger partial charge in [0.05, 0.1) is 21.7 Å². The van der Waals surface area contributed by atoms with Crippen LogP contribution in [0.15, 0.2) is 12.1 Å². The van der Waals surface area contributed by atoms with Crippen LogP contribution in [-0.4, -0.2) is 17.0 Å². The summed E-state index contributed by atoms with van der Waals surface area (Å²) in [5.41, 5.74) is -1.68. The molecule has 0 unspecified atom stereocenters. The molecule has 0 spiro atoms. The maximum absolute atomic E-state index is 12.4. The molecule has 9 heteroatoms. The number of hydrogen-bond acceptors (Lipinski definition) is 4. The first-order valence-corrected chi connectivity index (χ1v) is 6.80. The van der Waals surface area contributed by atoms with Gasteiger partial charge in [0, 0.05) is 18.6 Å². The molecule has 0 aliphatic carbocycles. The highest BCUT2D eigenvalue weighted by Crippen LogP contribution is 2.28. The Morgan fingerprint density at radius 2 is 2.00 bits per heavy atom. The Morgan fingerprint density at radius 3 is 2.50 bits per heavy atom. The molecule has 0 saturated heterocycles. The van der Waals surface area contributed by atoms with Gasteiger partial charge in [-0.2, -0.15) is 18.4 Å². The van der Waals surface area contributed by atoms with Gasteiger partial charge in [0.25, 0.3) is 5.69 Å². The molecule has 0 radical (unpaired) electrons. The number of nitriles is 1. The Bertz CT molecular complexity index is 755. The molecule has 24 heavy (non-hydrogen) atoms. The van der Waals surface area contributed by atoms with Crippen molar-refractivity contribution in [3.05, 3.63) is 33.4 Å². The lowest BCUT2D eigenvalue weighted by Gasteiger charge is -2.11. The molecule has 0 heterocycles. The Balaban J connectivity index is 3.41. The Morgan fingerprint density at radius 1 is 1.38 bits per heavy atom. The standard InChI is InChI=1S/C15H12F3N3O3/c1-2-3-4-5-6-10-7-12(21(23)24)8-11(9-19)13(10)20-14(22)15(16,17)18/h7-8H,2-4H2,1H3,(H,20,22). The third kappa shape index (κ3) is 4.99. The zero-order valence-corrected chi connectivity index (χ0v) is 12.5. The summed E-state index contributed by atoms with van der Waals surface area (Å²) < 4.78 is 37.3. The number of nitrogens with zero attached hydrogens (tertiary/aromatic N) is 2. The topological polar surface area (TPSA) is 96.0 Å². The number of carbonyl (C=O) groups excluding carboxylic acids is 1. The van der Waals surface area contributed by atoms with Crippen LogP contribution in [0, 0.1) is 33.3 Å². The molecule has 1 aromatic carbocycles. The average Bonchev–Trinajstić information content (AvgIpc) is 2.51. The largest absolute Gasteiger partial charge is 0.471 e. The molecule has 0 bridgehead atoms. The van der Waals surface area contributed by atoms with Crippen molar-refractivity contribution in [3.8, 4) is 17.9 Å². The third-order valence-electron chi connectivity index (χ3n) is 2.83. The molecule has 1 N–H and O–H groups in total. The number of rotatable bonds is 4. The quantitative estimate of drug-likeness (QED) is 0.393. The van der Waals surface area contributed by atoms with Crippen LogP contribution < -0.4 is 5.32 Å². The summed E-state index contributed by atoms with van der Waals surface area (Å²) in [6.45, 7) is 1.91. The fourth-order valence-electron chi connectivity index (χ4n) is 1.66. The maximum Gasteiger partial charge on any atom is 0.471 e. The number of nitro groups is 1. The van der Waals surface area contributed by atoms with Crippen LogP contribution in [0.25, 0.3) is 0 Å². The van der Waals surface area contributed by atoms with Crippen LogP contribution in [0.5, 0.6) is 0 Å². The second kappa shape index (κ2) is 7.97. The van der Waals surface area contributed by atoms with Crippen molar-refractivity contribution in [1.82, 2.24) is 0 Å². The lowest BCUT2D eigenvalue weighted by atomic mass is 10.1. The summed E-state index contributed by atoms with van der Waals surface area (Å²) in [5, 5.41) is 21.5. The number of hydrogen-bond donors (Lipinski definition) is 1. The van der Waals surface area contributed by atoms with Crippen LogP contribution in [-0.2, 0) is 4.79 Å². The summed E-state index contributed by atoms with van der Waals surface area (Å²) in [6, 6.07) is 3.24. The van der Waals surface area contributed by atoms with Gasteiger partial charge in [0.2, 0.25) is 0 Å². The molecule has 1 rings (SSSR count). The van der Waals surface area contributed by atoms with E-state index in [4.69, 9.17) is 5.26 Å². The van der Waals surface area contributed by atoms with Gasteiger partial charge in [-0.1, -0.05) is 25.2 Å². The smallest absolute Gasteiger partial charge is 0.316 e. The number of carbonyl (C=O) groups is 1. The zero-order chi connectivity index (χ0) is 18.3. The van der Waals surface area contributed by atoms with Crippen molar-refractivity contribution >= 4 is 17.3 Å². The predicted octanol–water partition coefficient (Wildman–Crippen LogP) is 3.51. The van der Waals surface area contributed by atoms with Crippen LogP contribution >= 0.6 is 0 Å². The van der Waals surface area contributed by atoms with E-state index in [2.05, 4.69) is 11.8 Å². The van der Waals surface area contributed by atoms with Crippen molar-refractivity contribution in [2.45, 2.75) is 32.4 Å². The van der Waals surface area contributed by atoms with Crippen LogP contribution in [0.2, 0.25) is 0 Å². The van der Waals surface area contributed by atoms with Crippen molar-refractivity contribution in [2.75, 3.05) is 5.32 Å². The van der Waals surface area contributed by atoms with Crippen molar-refractivity contribution < 1.29 is 22.9 Å². The summed E-state index contributed by atoms with van der Waals surface area (Å²) in [7, 11) is 0. The zero-order valence-electron chi connectivity index (χ0n) is 12.5. The SMILES string of the molecule is CCCCC#Cc1cc([N+](=O)[O-])cc(C#N)c1NC(=O)C(F)(F)F. The van der Waals surface area contributed by atoms with Gasteiger partial charge in [-0.15, -0.1) is 0 Å². The highest BCUT2D eigenvalue weighted by molar-refractivity contribution is 5.97. The van der Waals surface area contributed by atoms with Gasteiger partial charge in [-0.3, -0.25) is 14.9 Å². The molecule has 6 nitrogen and oxygen atoms in total. The molecular weight excluding hydrogens is 327 g/mol. The second-order valence-corrected chi connectivity index (χ2v) is 4.64. The summed E-state index contributed by atoms with van der Waals surface area (Å²) in [5.74, 6) is 2.86. The fraction of sp³-hybridized carbons (Fsp3) is 0.333. The molecule has 0 aliphatic rings. The summed E-state index contributed by atoms with van der Waals surface area (Å²) in [4.78, 5) is 21.2. The van der Waals surface area contributed by atoms with E-state index in [9.17, 15) is 28.1 Å². The maximum atomic E-state index is 12.4. The molecule has 0 aliphatic heterocycles. The Kier molecular flexibility index (Phi) is 6.30. The van der Waals surface area contributed by atoms with E-state index in [0.717, 1.165) is 25.0 Å². The fourth-order valence-corrected chi connectivity index (χ4v) is 1.66. The number of unbranched alkanes of at least 4 members (excludes halogenated alkanes) is 2. The number of alkyl halides is 3. The van der Waals surface area contributed by atoms with E-state index in [1.807, 2.05) is 6.92 Å². The molecule has 126 valence electrons. The van der Waals surface area contributed by atoms with Crippen LogP contribution in [0.1, 0.15) is 37.3 Å². The summed E-state index contributed by atoms with van der Waals surface area (Å²) >= 11 is 0. The number of nitrogens with one attached hydrogen (secondary N) is 1. The summed E-state index contributed by atoms with van der Waals surface area (Å²) in [6.07, 6.45) is -3.17. The first-order chi connectivity index (χ1) is 11.2. The number of halogens is 3. The molecule has 1 aromatic rings. The van der Waals surface area contributed by atoms with Gasteiger partial charge in [0.15, 0.2) is 0 Å². The number of nitro benzene ring substituents is 1. The third-order valence-corrected chi connectivity index (χ3v) is 2.83. The van der Waals surface area contributed by atoms with E-state index in [0.29, 0.717) is 6.42 Å². The van der Waals surface area contributed by atoms with Gasteiger partial charge in [0.1, 0.15) is 6.07 Å². The number of anilines is 1. The first kappa shape index (κ1) is 19.0. The monoisotopic (exact) mass is 339 g/mol. The van der Waals surface area contributed by atoms with Crippen molar-refractivity contribution in [3.63, 3.8) is 0 Å². The van der Waals surface area contributed by atoms with E-state index < -0.39 is 33.9 Å². The molecule has 0 fully saturated rings. The number of benzene rings is 1. The highest BCUT2D eigenvalue weighted by Gasteiger charge is 2.39. The van der Waals surface area contributed by atoms with E-state index in [1.54, 1.807) is 5.32 Å². The first-order valence-electron chi connectivity index (χ1n) is 6.80. The van der Waals surface area contributed by atoms with Gasteiger partial charge < -0.3 is 5.32 Å². The van der Waals surface area contributed by atoms with E-state index in [1.165, 1.54) is 6.07 Å². The normalized spacial score (nSPS) is 10.3. The molecular formula is C15H12F3N3O3. The Hall–Kier alpha value is -3.07. The molecule has 0 aromatic heterocycles. The minimum Gasteiger partial charge on any atom is -0.316 e. The van der Waals surface area contributed by atoms with Crippen molar-refractivity contribution in [1.29, 1.82) is 5.26 Å². The lowest BCUT2D eigenvalue weighted by Crippen LogP contribution is -2.30. The minimum atomic E-state index is -5.17. The van der Waals surface area contributed by atoms with Crippen molar-refractivity contribution in [2.24, 2.45) is 0 Å². The predicted molar refractivity (Wildman–Crippen MR) is 78.9 cm³/mol. The van der Waals surface area contributed by atoms with Gasteiger partial charge in [-0.25, -0.2) is 0 Å². The molecule has 1 amide bonds. The molecule has 0 saturated carbocycles. The average molecular weight is 339 g/mol. The highest BCUT2D eigenvalue weighted by atomic mass is 19.4. The second-order valence-electron chi connectivity index (χ2n) is 4.64. The van der Waals surface area contributed by atoms with Crippen LogP contribution in [0.4, 0.5) is 24.5 Å². The number of amides is 1.